The van der Waals surface area contributed by atoms with Gasteiger partial charge in [-0.1, -0.05) is 11.6 Å². The van der Waals surface area contributed by atoms with Gasteiger partial charge in [0.05, 0.1) is 0 Å². The van der Waals surface area contributed by atoms with Crippen molar-refractivity contribution in [2.45, 2.75) is 26.8 Å². The maximum absolute atomic E-state index is 11.9. The predicted octanol–water partition coefficient (Wildman–Crippen LogP) is 1.21. The van der Waals surface area contributed by atoms with Gasteiger partial charge in [0, 0.05) is 29.7 Å². The molecule has 0 atom stereocenters. The lowest BCUT2D eigenvalue weighted by atomic mass is 10.1. The fraction of sp³-hybridized carbons (Fsp3) is 0.462. The number of carbonyl (C=O) groups is 1. The van der Waals surface area contributed by atoms with Gasteiger partial charge < -0.3 is 5.32 Å². The standard InChI is InChI=1S/C13H20ClN3O3S/c1-9(2)17-21(19,20)16-7-6-15-13(18)12-5-4-11(14)8-10(12)3/h4-5,8-9,16-17H,6-7H2,1-3H3,(H,15,18). The zero-order valence-corrected chi connectivity index (χ0v) is 13.8. The third-order valence-corrected chi connectivity index (χ3v) is 4.13. The van der Waals surface area contributed by atoms with Crippen LogP contribution in [-0.2, 0) is 10.2 Å². The zero-order chi connectivity index (χ0) is 16.0. The summed E-state index contributed by atoms with van der Waals surface area (Å²) in [5.74, 6) is -0.264. The first kappa shape index (κ1) is 17.9. The van der Waals surface area contributed by atoms with Crippen molar-refractivity contribution in [3.8, 4) is 0 Å². The van der Waals surface area contributed by atoms with Crippen LogP contribution >= 0.6 is 11.6 Å². The van der Waals surface area contributed by atoms with E-state index in [0.717, 1.165) is 5.56 Å². The SMILES string of the molecule is Cc1cc(Cl)ccc1C(=O)NCCNS(=O)(=O)NC(C)C. The molecule has 0 fully saturated rings. The molecule has 0 saturated heterocycles. The number of hydrogen-bond acceptors (Lipinski definition) is 3. The quantitative estimate of drug-likeness (QED) is 0.655. The van der Waals surface area contributed by atoms with E-state index in [9.17, 15) is 13.2 Å². The number of carbonyl (C=O) groups excluding carboxylic acids is 1. The molecule has 0 saturated carbocycles. The molecule has 0 heterocycles. The van der Waals surface area contributed by atoms with Gasteiger partial charge in [0.2, 0.25) is 0 Å². The summed E-state index contributed by atoms with van der Waals surface area (Å²) in [4.78, 5) is 11.9. The van der Waals surface area contributed by atoms with Gasteiger partial charge in [-0.15, -0.1) is 0 Å². The van der Waals surface area contributed by atoms with Crippen LogP contribution in [0.25, 0.3) is 0 Å². The molecular weight excluding hydrogens is 314 g/mol. The number of halogens is 1. The van der Waals surface area contributed by atoms with Gasteiger partial charge in [-0.3, -0.25) is 4.79 Å². The van der Waals surface area contributed by atoms with Crippen molar-refractivity contribution in [2.24, 2.45) is 0 Å². The van der Waals surface area contributed by atoms with Crippen molar-refractivity contribution in [3.05, 3.63) is 34.3 Å². The van der Waals surface area contributed by atoms with E-state index in [0.29, 0.717) is 10.6 Å². The minimum absolute atomic E-state index is 0.112. The highest BCUT2D eigenvalue weighted by atomic mass is 35.5. The Labute approximate surface area is 130 Å². The highest BCUT2D eigenvalue weighted by molar-refractivity contribution is 7.87. The number of hydrogen-bond donors (Lipinski definition) is 3. The molecule has 1 amide bonds. The molecule has 118 valence electrons. The van der Waals surface area contributed by atoms with E-state index in [4.69, 9.17) is 11.6 Å². The van der Waals surface area contributed by atoms with E-state index in [1.807, 2.05) is 0 Å². The Morgan fingerprint density at radius 2 is 1.95 bits per heavy atom. The second-order valence-electron chi connectivity index (χ2n) is 4.89. The van der Waals surface area contributed by atoms with E-state index in [2.05, 4.69) is 14.8 Å². The van der Waals surface area contributed by atoms with Crippen LogP contribution in [0.4, 0.5) is 0 Å². The largest absolute Gasteiger partial charge is 0.351 e. The van der Waals surface area contributed by atoms with Gasteiger partial charge in [-0.05, 0) is 44.5 Å². The summed E-state index contributed by atoms with van der Waals surface area (Å²) in [6.45, 7) is 5.55. The molecule has 1 aromatic rings. The molecule has 0 aliphatic heterocycles. The molecule has 0 aromatic heterocycles. The summed E-state index contributed by atoms with van der Waals surface area (Å²) in [5, 5.41) is 3.21. The maximum Gasteiger partial charge on any atom is 0.277 e. The molecule has 0 unspecified atom stereocenters. The predicted molar refractivity (Wildman–Crippen MR) is 83.7 cm³/mol. The van der Waals surface area contributed by atoms with Crippen molar-refractivity contribution < 1.29 is 13.2 Å². The lowest BCUT2D eigenvalue weighted by Gasteiger charge is -2.11. The number of amides is 1. The van der Waals surface area contributed by atoms with Crippen molar-refractivity contribution in [1.82, 2.24) is 14.8 Å². The second kappa shape index (κ2) is 7.74. The Hall–Kier alpha value is -1.15. The molecular formula is C13H20ClN3O3S. The highest BCUT2D eigenvalue weighted by Gasteiger charge is 2.11. The van der Waals surface area contributed by atoms with Crippen molar-refractivity contribution in [2.75, 3.05) is 13.1 Å². The van der Waals surface area contributed by atoms with Gasteiger partial charge in [0.15, 0.2) is 0 Å². The van der Waals surface area contributed by atoms with E-state index in [1.165, 1.54) is 0 Å². The van der Waals surface area contributed by atoms with Gasteiger partial charge >= 0.3 is 0 Å². The van der Waals surface area contributed by atoms with E-state index >= 15 is 0 Å². The van der Waals surface area contributed by atoms with E-state index in [-0.39, 0.29) is 25.0 Å². The van der Waals surface area contributed by atoms with Crippen molar-refractivity contribution in [3.63, 3.8) is 0 Å². The van der Waals surface area contributed by atoms with Crippen LogP contribution in [0.1, 0.15) is 29.8 Å². The molecule has 0 radical (unpaired) electrons. The first-order chi connectivity index (χ1) is 9.71. The lowest BCUT2D eigenvalue weighted by molar-refractivity contribution is 0.0953. The highest BCUT2D eigenvalue weighted by Crippen LogP contribution is 2.14. The Bertz CT molecular complexity index is 603. The molecule has 0 spiro atoms. The summed E-state index contributed by atoms with van der Waals surface area (Å²) in [6.07, 6.45) is 0. The zero-order valence-electron chi connectivity index (χ0n) is 12.2. The van der Waals surface area contributed by atoms with E-state index < -0.39 is 10.2 Å². The molecule has 1 rings (SSSR count). The van der Waals surface area contributed by atoms with Gasteiger partial charge in [0.1, 0.15) is 0 Å². The number of nitrogens with one attached hydrogen (secondary N) is 3. The maximum atomic E-state index is 11.9. The van der Waals surface area contributed by atoms with Crippen molar-refractivity contribution >= 4 is 27.7 Å². The number of rotatable bonds is 7. The summed E-state index contributed by atoms with van der Waals surface area (Å²) >= 11 is 5.82. The molecule has 21 heavy (non-hydrogen) atoms. The fourth-order valence-corrected chi connectivity index (χ4v) is 2.99. The molecule has 1 aromatic carbocycles. The minimum atomic E-state index is -3.53. The Balaban J connectivity index is 2.44. The smallest absolute Gasteiger partial charge is 0.277 e. The molecule has 0 bridgehead atoms. The topological polar surface area (TPSA) is 87.3 Å². The van der Waals surface area contributed by atoms with Crippen LogP contribution in [0.15, 0.2) is 18.2 Å². The molecule has 0 aliphatic carbocycles. The van der Waals surface area contributed by atoms with Crippen molar-refractivity contribution in [1.29, 1.82) is 0 Å². The van der Waals surface area contributed by atoms with Crippen LogP contribution in [0, 0.1) is 6.92 Å². The first-order valence-corrected chi connectivity index (χ1v) is 8.38. The normalized spacial score (nSPS) is 11.7. The third kappa shape index (κ3) is 6.43. The van der Waals surface area contributed by atoms with Crippen LogP contribution in [0.2, 0.25) is 5.02 Å². The average Bonchev–Trinajstić information content (AvgIpc) is 2.32. The first-order valence-electron chi connectivity index (χ1n) is 6.52. The lowest BCUT2D eigenvalue weighted by Crippen LogP contribution is -2.43. The van der Waals surface area contributed by atoms with Crippen LogP contribution in [-0.4, -0.2) is 33.5 Å². The fourth-order valence-electron chi connectivity index (χ4n) is 1.69. The van der Waals surface area contributed by atoms with Gasteiger partial charge in [-0.2, -0.15) is 13.1 Å². The second-order valence-corrected chi connectivity index (χ2v) is 6.85. The average molecular weight is 334 g/mol. The summed E-state index contributed by atoms with van der Waals surface area (Å²) < 4.78 is 27.7. The summed E-state index contributed by atoms with van der Waals surface area (Å²) in [7, 11) is -3.53. The van der Waals surface area contributed by atoms with Crippen LogP contribution < -0.4 is 14.8 Å². The minimum Gasteiger partial charge on any atom is -0.351 e. The van der Waals surface area contributed by atoms with E-state index in [1.54, 1.807) is 39.0 Å². The Morgan fingerprint density at radius 1 is 1.29 bits per heavy atom. The summed E-state index contributed by atoms with van der Waals surface area (Å²) in [6, 6.07) is 4.79. The van der Waals surface area contributed by atoms with Gasteiger partial charge in [0.25, 0.3) is 16.1 Å². The Morgan fingerprint density at radius 3 is 2.52 bits per heavy atom. The van der Waals surface area contributed by atoms with Crippen LogP contribution in [0.5, 0.6) is 0 Å². The molecule has 0 aliphatic rings. The Kier molecular flexibility index (Phi) is 6.60. The van der Waals surface area contributed by atoms with Gasteiger partial charge in [-0.25, -0.2) is 4.72 Å². The van der Waals surface area contributed by atoms with Crippen LogP contribution in [0.3, 0.4) is 0 Å². The number of aryl methyl sites for hydroxylation is 1. The summed E-state index contributed by atoms with van der Waals surface area (Å²) in [5.41, 5.74) is 1.28. The molecule has 6 nitrogen and oxygen atoms in total. The monoisotopic (exact) mass is 333 g/mol. The number of benzene rings is 1. The third-order valence-electron chi connectivity index (χ3n) is 2.53. The molecule has 8 heteroatoms. The molecule has 3 N–H and O–H groups in total.